The van der Waals surface area contributed by atoms with Crippen LogP contribution in [0.1, 0.15) is 36.0 Å². The lowest BCUT2D eigenvalue weighted by Gasteiger charge is -2.31. The van der Waals surface area contributed by atoms with Crippen molar-refractivity contribution in [3.05, 3.63) is 90.5 Å². The second kappa shape index (κ2) is 8.93. The summed E-state index contributed by atoms with van der Waals surface area (Å²) < 4.78 is 0. The van der Waals surface area contributed by atoms with Crippen molar-refractivity contribution in [2.24, 2.45) is 5.73 Å². The van der Waals surface area contributed by atoms with Gasteiger partial charge in [-0.25, -0.2) is 0 Å². The highest BCUT2D eigenvalue weighted by Crippen LogP contribution is 2.36. The molecule has 1 aliphatic rings. The van der Waals surface area contributed by atoms with Gasteiger partial charge >= 0.3 is 0 Å². The average molecular weight is 386 g/mol. The summed E-state index contributed by atoms with van der Waals surface area (Å²) in [5, 5.41) is 3.19. The van der Waals surface area contributed by atoms with Crippen molar-refractivity contribution in [3.63, 3.8) is 0 Å². The van der Waals surface area contributed by atoms with Crippen LogP contribution >= 0.6 is 0 Å². The van der Waals surface area contributed by atoms with Crippen molar-refractivity contribution in [2.45, 2.75) is 37.8 Å². The Morgan fingerprint density at radius 3 is 1.97 bits per heavy atom. The lowest BCUT2D eigenvalue weighted by atomic mass is 9.91. The van der Waals surface area contributed by atoms with Crippen LogP contribution in [-0.2, 0) is 0 Å². The minimum Gasteiger partial charge on any atom is -0.348 e. The third-order valence-corrected chi connectivity index (χ3v) is 5.55. The molecule has 0 aromatic heterocycles. The van der Waals surface area contributed by atoms with Crippen LogP contribution in [-0.4, -0.2) is 18.0 Å². The third-order valence-electron chi connectivity index (χ3n) is 5.55. The third kappa shape index (κ3) is 4.33. The number of rotatable bonds is 5. The van der Waals surface area contributed by atoms with Gasteiger partial charge in [-0.2, -0.15) is 0 Å². The second-order valence-corrected chi connectivity index (χ2v) is 7.55. The summed E-state index contributed by atoms with van der Waals surface area (Å²) in [6.07, 6.45) is 4.16. The van der Waals surface area contributed by atoms with E-state index < -0.39 is 0 Å². The predicted octanol–water partition coefficient (Wildman–Crippen LogP) is 5.16. The molecule has 3 aromatic rings. The first-order chi connectivity index (χ1) is 14.2. The minimum absolute atomic E-state index is 0.0270. The van der Waals surface area contributed by atoms with Gasteiger partial charge in [0.25, 0.3) is 5.91 Å². The molecule has 4 rings (SSSR count). The van der Waals surface area contributed by atoms with Gasteiger partial charge in [-0.1, -0.05) is 61.4 Å². The van der Waals surface area contributed by atoms with E-state index >= 15 is 0 Å². The number of carbonyl (C=O) groups is 1. The Morgan fingerprint density at radius 2 is 1.34 bits per heavy atom. The number of benzene rings is 3. The fourth-order valence-corrected chi connectivity index (χ4v) is 4.03. The maximum Gasteiger partial charge on any atom is 0.253 e. The molecule has 3 aromatic carbocycles. The minimum atomic E-state index is -0.0696. The molecule has 1 aliphatic carbocycles. The summed E-state index contributed by atoms with van der Waals surface area (Å²) in [4.78, 5) is 15.4. The number of hydrogen-bond donors (Lipinski definition) is 2. The van der Waals surface area contributed by atoms with Crippen LogP contribution in [0.2, 0.25) is 0 Å². The second-order valence-electron chi connectivity index (χ2n) is 7.55. The van der Waals surface area contributed by atoms with Crippen molar-refractivity contribution in [1.82, 2.24) is 5.32 Å². The van der Waals surface area contributed by atoms with E-state index in [0.29, 0.717) is 5.56 Å². The summed E-state index contributed by atoms with van der Waals surface area (Å²) in [5.74, 6) is -0.0696. The number of amides is 1. The molecular weight excluding hydrogens is 358 g/mol. The molecular formula is C25H27N3O. The summed E-state index contributed by atoms with van der Waals surface area (Å²) in [5.41, 5.74) is 9.78. The van der Waals surface area contributed by atoms with E-state index in [0.717, 1.165) is 42.7 Å². The number of carbonyl (C=O) groups excluding carboxylic acids is 1. The molecule has 0 saturated heterocycles. The standard InChI is InChI=1S/C25H27N3O/c26-22-16-8-9-17-23(22)27-25(29)21-15-7-10-18-24(21)28(19-11-3-1-4-12-19)20-13-5-2-6-14-20/h1-7,10-15,18,22-23H,8-9,16-17,26H2,(H,27,29)/t22-,23-/m1/s1. The summed E-state index contributed by atoms with van der Waals surface area (Å²) >= 11 is 0. The summed E-state index contributed by atoms with van der Waals surface area (Å²) in [6.45, 7) is 0. The average Bonchev–Trinajstić information content (AvgIpc) is 2.77. The number of nitrogens with one attached hydrogen (secondary N) is 1. The van der Waals surface area contributed by atoms with Gasteiger partial charge in [0.1, 0.15) is 0 Å². The zero-order valence-corrected chi connectivity index (χ0v) is 16.5. The molecule has 1 fully saturated rings. The number of para-hydroxylation sites is 3. The molecule has 0 aliphatic heterocycles. The van der Waals surface area contributed by atoms with Gasteiger partial charge < -0.3 is 16.0 Å². The molecule has 0 spiro atoms. The van der Waals surface area contributed by atoms with Gasteiger partial charge in [0.15, 0.2) is 0 Å². The molecule has 4 heteroatoms. The first kappa shape index (κ1) is 19.2. The van der Waals surface area contributed by atoms with Gasteiger partial charge in [0, 0.05) is 23.5 Å². The summed E-state index contributed by atoms with van der Waals surface area (Å²) in [7, 11) is 0. The van der Waals surface area contributed by atoms with Crippen LogP contribution in [0.15, 0.2) is 84.9 Å². The van der Waals surface area contributed by atoms with E-state index in [2.05, 4.69) is 34.5 Å². The maximum atomic E-state index is 13.3. The van der Waals surface area contributed by atoms with Crippen molar-refractivity contribution in [2.75, 3.05) is 4.90 Å². The number of nitrogens with zero attached hydrogens (tertiary/aromatic N) is 1. The lowest BCUT2D eigenvalue weighted by molar-refractivity contribution is 0.0922. The zero-order valence-electron chi connectivity index (χ0n) is 16.5. The Labute approximate surface area is 172 Å². The lowest BCUT2D eigenvalue weighted by Crippen LogP contribution is -2.49. The Bertz CT molecular complexity index is 903. The van der Waals surface area contributed by atoms with Crippen LogP contribution in [0, 0.1) is 0 Å². The van der Waals surface area contributed by atoms with Crippen LogP contribution in [0.3, 0.4) is 0 Å². The van der Waals surface area contributed by atoms with Gasteiger partial charge in [-0.3, -0.25) is 4.79 Å². The molecule has 148 valence electrons. The van der Waals surface area contributed by atoms with E-state index in [-0.39, 0.29) is 18.0 Å². The Balaban J connectivity index is 1.72. The normalized spacial score (nSPS) is 18.8. The Kier molecular flexibility index (Phi) is 5.92. The molecule has 1 amide bonds. The van der Waals surface area contributed by atoms with Gasteiger partial charge in [-0.15, -0.1) is 0 Å². The zero-order chi connectivity index (χ0) is 20.1. The highest BCUT2D eigenvalue weighted by molar-refractivity contribution is 6.02. The fourth-order valence-electron chi connectivity index (χ4n) is 4.03. The van der Waals surface area contributed by atoms with Crippen LogP contribution in [0.4, 0.5) is 17.1 Å². The van der Waals surface area contributed by atoms with Crippen LogP contribution in [0.5, 0.6) is 0 Å². The molecule has 0 radical (unpaired) electrons. The topological polar surface area (TPSA) is 58.4 Å². The first-order valence-corrected chi connectivity index (χ1v) is 10.3. The first-order valence-electron chi connectivity index (χ1n) is 10.3. The van der Waals surface area contributed by atoms with Gasteiger partial charge in [0.05, 0.1) is 11.3 Å². The highest BCUT2D eigenvalue weighted by atomic mass is 16.1. The van der Waals surface area contributed by atoms with Crippen molar-refractivity contribution in [1.29, 1.82) is 0 Å². The fraction of sp³-hybridized carbons (Fsp3) is 0.240. The van der Waals surface area contributed by atoms with E-state index in [1.54, 1.807) is 0 Å². The Hall–Kier alpha value is -3.11. The smallest absolute Gasteiger partial charge is 0.253 e. The molecule has 0 bridgehead atoms. The maximum absolute atomic E-state index is 13.3. The number of hydrogen-bond acceptors (Lipinski definition) is 3. The van der Waals surface area contributed by atoms with Crippen LogP contribution < -0.4 is 16.0 Å². The summed E-state index contributed by atoms with van der Waals surface area (Å²) in [6, 6.07) is 28.1. The van der Waals surface area contributed by atoms with Crippen molar-refractivity contribution in [3.8, 4) is 0 Å². The van der Waals surface area contributed by atoms with E-state index in [9.17, 15) is 4.79 Å². The SMILES string of the molecule is N[C@@H]1CCCC[C@H]1NC(=O)c1ccccc1N(c1ccccc1)c1ccccc1. The monoisotopic (exact) mass is 385 g/mol. The quantitative estimate of drug-likeness (QED) is 0.638. The number of nitrogens with two attached hydrogens (primary N) is 1. The molecule has 0 unspecified atom stereocenters. The van der Waals surface area contributed by atoms with Gasteiger partial charge in [0.2, 0.25) is 0 Å². The molecule has 4 nitrogen and oxygen atoms in total. The van der Waals surface area contributed by atoms with Crippen LogP contribution in [0.25, 0.3) is 0 Å². The number of anilines is 3. The predicted molar refractivity (Wildman–Crippen MR) is 119 cm³/mol. The molecule has 3 N–H and O–H groups in total. The van der Waals surface area contributed by atoms with E-state index in [1.807, 2.05) is 60.7 Å². The largest absolute Gasteiger partial charge is 0.348 e. The molecule has 1 saturated carbocycles. The molecule has 2 atom stereocenters. The van der Waals surface area contributed by atoms with E-state index in [4.69, 9.17) is 5.73 Å². The van der Waals surface area contributed by atoms with Crippen molar-refractivity contribution < 1.29 is 4.79 Å². The Morgan fingerprint density at radius 1 is 0.793 bits per heavy atom. The van der Waals surface area contributed by atoms with E-state index in [1.165, 1.54) is 0 Å². The van der Waals surface area contributed by atoms with Gasteiger partial charge in [-0.05, 0) is 49.2 Å². The molecule has 29 heavy (non-hydrogen) atoms. The highest BCUT2D eigenvalue weighted by Gasteiger charge is 2.26. The van der Waals surface area contributed by atoms with Crippen molar-refractivity contribution >= 4 is 23.0 Å². The molecule has 0 heterocycles.